The summed E-state index contributed by atoms with van der Waals surface area (Å²) in [7, 11) is 0. The van der Waals surface area contributed by atoms with Gasteiger partial charge in [0.25, 0.3) is 0 Å². The minimum Gasteiger partial charge on any atom is -0.0620 e. The van der Waals surface area contributed by atoms with Crippen LogP contribution in [0.3, 0.4) is 0 Å². The molecular formula is C8H10N. The summed E-state index contributed by atoms with van der Waals surface area (Å²) in [6, 6.07) is 8.36. The second-order valence-electron chi connectivity index (χ2n) is 2.08. The molecule has 0 unspecified atom stereocenters. The smallest absolute Gasteiger partial charge is 0 e. The Labute approximate surface area is 56.3 Å². The van der Waals surface area contributed by atoms with Crippen molar-refractivity contribution in [3.8, 4) is 0 Å². The second kappa shape index (κ2) is 3.25. The minimum absolute atomic E-state index is 0. The summed E-state index contributed by atoms with van der Waals surface area (Å²) < 4.78 is 0. The second-order valence-corrected chi connectivity index (χ2v) is 2.08. The highest BCUT2D eigenvalue weighted by Crippen LogP contribution is 2.02. The molecule has 0 spiro atoms. The number of hydrogen-bond acceptors (Lipinski definition) is 0. The first-order chi connectivity index (χ1) is 3.80. The van der Waals surface area contributed by atoms with Crippen LogP contribution in [-0.4, -0.2) is 0 Å². The Balaban J connectivity index is 0.000000640. The topological polar surface area (TPSA) is 30.5 Å². The summed E-state index contributed by atoms with van der Waals surface area (Å²) in [4.78, 5) is 0. The highest BCUT2D eigenvalue weighted by Gasteiger charge is 1.83. The van der Waals surface area contributed by atoms with Crippen LogP contribution in [0.2, 0.25) is 0 Å². The zero-order chi connectivity index (χ0) is 5.98. The minimum atomic E-state index is 0. The van der Waals surface area contributed by atoms with E-state index in [2.05, 4.69) is 38.1 Å². The maximum absolute atomic E-state index is 2.12. The molecule has 0 bridgehead atoms. The third-order valence-electron chi connectivity index (χ3n) is 1.43. The molecule has 0 saturated heterocycles. The quantitative estimate of drug-likeness (QED) is 0.500. The van der Waals surface area contributed by atoms with Gasteiger partial charge in [-0.25, -0.2) is 0 Å². The van der Waals surface area contributed by atoms with Crippen molar-refractivity contribution < 1.29 is 0 Å². The van der Waals surface area contributed by atoms with Crippen LogP contribution in [0.15, 0.2) is 24.3 Å². The van der Waals surface area contributed by atoms with Crippen molar-refractivity contribution in [3.05, 3.63) is 35.4 Å². The van der Waals surface area contributed by atoms with E-state index in [9.17, 15) is 0 Å². The van der Waals surface area contributed by atoms with Gasteiger partial charge in [0.1, 0.15) is 0 Å². The van der Waals surface area contributed by atoms with Crippen molar-refractivity contribution in [1.29, 1.82) is 0 Å². The van der Waals surface area contributed by atoms with Gasteiger partial charge in [0.15, 0.2) is 0 Å². The summed E-state index contributed by atoms with van der Waals surface area (Å²) in [5, 5.41) is 0. The highest BCUT2D eigenvalue weighted by molar-refractivity contribution is 5.23. The van der Waals surface area contributed by atoms with Crippen LogP contribution in [0.1, 0.15) is 11.1 Å². The van der Waals surface area contributed by atoms with Crippen molar-refractivity contribution in [3.63, 3.8) is 0 Å². The predicted molar refractivity (Wildman–Crippen MR) is 38.1 cm³/mol. The molecule has 1 aromatic carbocycles. The lowest BCUT2D eigenvalue weighted by atomic mass is 10.1. The molecule has 0 atom stereocenters. The fourth-order valence-electron chi connectivity index (χ4n) is 0.663. The van der Waals surface area contributed by atoms with E-state index in [-0.39, 0.29) is 6.15 Å². The van der Waals surface area contributed by atoms with E-state index in [1.165, 1.54) is 11.1 Å². The highest BCUT2D eigenvalue weighted by atomic mass is 14.0. The number of hydrogen-bond donors (Lipinski definition) is 0. The van der Waals surface area contributed by atoms with E-state index >= 15 is 0 Å². The van der Waals surface area contributed by atoms with Gasteiger partial charge in [-0.05, 0) is 25.0 Å². The number of nitrogens with zero attached hydrogens (tertiary/aromatic N) is 1. The predicted octanol–water partition coefficient (Wildman–Crippen LogP) is 1.82. The zero-order valence-electron chi connectivity index (χ0n) is 5.76. The molecule has 0 aliphatic carbocycles. The normalized spacial score (nSPS) is 8.22. The third-order valence-corrected chi connectivity index (χ3v) is 1.43. The number of rotatable bonds is 0. The molecule has 1 aromatic rings. The molecule has 9 heavy (non-hydrogen) atoms. The van der Waals surface area contributed by atoms with Crippen molar-refractivity contribution in [1.82, 2.24) is 6.15 Å². The molecule has 0 aliphatic heterocycles. The average Bonchev–Trinajstić information content (AvgIpc) is 1.77. The van der Waals surface area contributed by atoms with Crippen LogP contribution < -0.4 is 6.15 Å². The summed E-state index contributed by atoms with van der Waals surface area (Å²) in [5.41, 5.74) is 2.74. The lowest BCUT2D eigenvalue weighted by Gasteiger charge is -1.93. The first-order valence-corrected chi connectivity index (χ1v) is 2.83. The Bertz CT molecular complexity index is 161. The number of benzene rings is 1. The third kappa shape index (κ3) is 1.86. The molecular weight excluding hydrogens is 110 g/mol. The van der Waals surface area contributed by atoms with Gasteiger partial charge in [0.2, 0.25) is 0 Å². The number of aryl methyl sites for hydroxylation is 2. The largest absolute Gasteiger partial charge is 0.0620 e. The van der Waals surface area contributed by atoms with Crippen LogP contribution in [-0.2, 0) is 0 Å². The van der Waals surface area contributed by atoms with Gasteiger partial charge in [-0.15, -0.1) is 0 Å². The van der Waals surface area contributed by atoms with E-state index in [1.807, 2.05) is 0 Å². The van der Waals surface area contributed by atoms with Gasteiger partial charge in [0.05, 0.1) is 0 Å². The van der Waals surface area contributed by atoms with Crippen LogP contribution in [0, 0.1) is 13.8 Å². The first-order valence-electron chi connectivity index (χ1n) is 2.83. The van der Waals surface area contributed by atoms with E-state index in [0.29, 0.717) is 0 Å². The fraction of sp³-hybridized carbons (Fsp3) is 0.250. The van der Waals surface area contributed by atoms with E-state index in [1.54, 1.807) is 0 Å². The van der Waals surface area contributed by atoms with Gasteiger partial charge >= 0.3 is 0 Å². The summed E-state index contributed by atoms with van der Waals surface area (Å²) in [6.07, 6.45) is 0. The maximum atomic E-state index is 2.12. The van der Waals surface area contributed by atoms with Crippen LogP contribution in [0.5, 0.6) is 0 Å². The zero-order valence-corrected chi connectivity index (χ0v) is 5.76. The fourth-order valence-corrected chi connectivity index (χ4v) is 0.663. The van der Waals surface area contributed by atoms with Gasteiger partial charge < -0.3 is 0 Å². The average molecular weight is 120 g/mol. The van der Waals surface area contributed by atoms with Gasteiger partial charge in [-0.2, -0.15) is 0 Å². The lowest BCUT2D eigenvalue weighted by molar-refractivity contribution is 1.34. The first kappa shape index (κ1) is 8.18. The van der Waals surface area contributed by atoms with Gasteiger partial charge in [0, 0.05) is 6.15 Å². The Morgan fingerprint density at radius 3 is 1.44 bits per heavy atom. The molecule has 0 N–H and O–H groups in total. The molecule has 0 aliphatic rings. The molecule has 0 amide bonds. The Hall–Kier alpha value is -0.820. The molecule has 3 radical (unpaired) electrons. The van der Waals surface area contributed by atoms with Crippen molar-refractivity contribution in [2.45, 2.75) is 13.8 Å². The van der Waals surface area contributed by atoms with E-state index in [4.69, 9.17) is 0 Å². The van der Waals surface area contributed by atoms with Crippen molar-refractivity contribution in [2.24, 2.45) is 0 Å². The Morgan fingerprint density at radius 1 is 0.889 bits per heavy atom. The van der Waals surface area contributed by atoms with Gasteiger partial charge in [-0.3, -0.25) is 0 Å². The molecule has 1 heteroatoms. The molecule has 0 heterocycles. The van der Waals surface area contributed by atoms with Crippen molar-refractivity contribution >= 4 is 0 Å². The monoisotopic (exact) mass is 120 g/mol. The van der Waals surface area contributed by atoms with Crippen molar-refractivity contribution in [2.75, 3.05) is 0 Å². The standard InChI is InChI=1S/C8H10.N/c1-7-5-3-4-6-8(7)2;/h3-6H,1-2H3;. The molecule has 0 aromatic heterocycles. The lowest BCUT2D eigenvalue weighted by Crippen LogP contribution is -1.74. The summed E-state index contributed by atoms with van der Waals surface area (Å²) >= 11 is 0. The molecule has 1 nitrogen and oxygen atoms in total. The summed E-state index contributed by atoms with van der Waals surface area (Å²) in [6.45, 7) is 4.24. The maximum Gasteiger partial charge on any atom is 0 e. The van der Waals surface area contributed by atoms with Crippen LogP contribution >= 0.6 is 0 Å². The van der Waals surface area contributed by atoms with Crippen LogP contribution in [0.4, 0.5) is 0 Å². The van der Waals surface area contributed by atoms with E-state index in [0.717, 1.165) is 0 Å². The molecule has 0 fully saturated rings. The molecule has 0 saturated carbocycles. The molecule has 47 valence electrons. The van der Waals surface area contributed by atoms with E-state index < -0.39 is 0 Å². The Morgan fingerprint density at radius 2 is 1.22 bits per heavy atom. The Kier molecular flexibility index (Phi) is 2.96. The van der Waals surface area contributed by atoms with Crippen LogP contribution in [0.25, 0.3) is 0 Å². The SMILES string of the molecule is Cc1ccccc1C.[N]. The summed E-state index contributed by atoms with van der Waals surface area (Å²) in [5.74, 6) is 0. The van der Waals surface area contributed by atoms with Gasteiger partial charge in [-0.1, -0.05) is 24.3 Å². The molecule has 1 rings (SSSR count).